The maximum atomic E-state index is 10.4. The Morgan fingerprint density at radius 3 is 1.55 bits per heavy atom. The van der Waals surface area contributed by atoms with Crippen molar-refractivity contribution in [1.29, 1.82) is 0 Å². The van der Waals surface area contributed by atoms with Gasteiger partial charge < -0.3 is 29.4 Å². The fourth-order valence-electron chi connectivity index (χ4n) is 1.09. The van der Waals surface area contributed by atoms with E-state index in [0.29, 0.717) is 59.3 Å². The quantitative estimate of drug-likeness (QED) is 0.290. The van der Waals surface area contributed by atoms with Crippen molar-refractivity contribution < 1.29 is 33.3 Å². The highest BCUT2D eigenvalue weighted by Gasteiger charge is 1.95. The Morgan fingerprint density at radius 1 is 0.750 bits per heavy atom. The average molecular weight is 293 g/mol. The van der Waals surface area contributed by atoms with Crippen LogP contribution in [0.2, 0.25) is 0 Å². The summed E-state index contributed by atoms with van der Waals surface area (Å²) in [5, 5.41) is 0. The van der Waals surface area contributed by atoms with Gasteiger partial charge >= 0.3 is 0 Å². The molecule has 0 aliphatic rings. The Balaban J connectivity index is 2.95. The minimum Gasteiger partial charge on any atom is -0.465 e. The second-order valence-corrected chi connectivity index (χ2v) is 3.63. The van der Waals surface area contributed by atoms with Gasteiger partial charge in [0.1, 0.15) is 6.61 Å². The first kappa shape index (κ1) is 18.8. The summed E-state index contributed by atoms with van der Waals surface area (Å²) in [7, 11) is 0. The van der Waals surface area contributed by atoms with E-state index in [2.05, 4.69) is 4.74 Å². The first-order chi connectivity index (χ1) is 9.77. The lowest BCUT2D eigenvalue weighted by Gasteiger charge is -2.07. The van der Waals surface area contributed by atoms with Crippen LogP contribution >= 0.6 is 0 Å². The van der Waals surface area contributed by atoms with Gasteiger partial charge in [-0.25, -0.2) is 0 Å². The summed E-state index contributed by atoms with van der Waals surface area (Å²) in [6.45, 7) is 4.02. The molecule has 8 heteroatoms. The van der Waals surface area contributed by atoms with Crippen molar-refractivity contribution in [2.45, 2.75) is 6.42 Å². The first-order valence-corrected chi connectivity index (χ1v) is 6.42. The fourth-order valence-corrected chi connectivity index (χ4v) is 1.09. The van der Waals surface area contributed by atoms with Crippen LogP contribution in [-0.2, 0) is 33.3 Å². The SMILES string of the molecule is NC(=O)CCOCCOCCOCCOCCOC=O. The number of carbonyl (C=O) groups is 2. The Morgan fingerprint density at radius 2 is 1.15 bits per heavy atom. The summed E-state index contributed by atoms with van der Waals surface area (Å²) in [4.78, 5) is 20.2. The molecule has 20 heavy (non-hydrogen) atoms. The van der Waals surface area contributed by atoms with Crippen molar-refractivity contribution in [2.24, 2.45) is 5.73 Å². The van der Waals surface area contributed by atoms with E-state index in [-0.39, 0.29) is 18.9 Å². The van der Waals surface area contributed by atoms with E-state index in [1.54, 1.807) is 0 Å². The zero-order valence-corrected chi connectivity index (χ0v) is 11.6. The highest BCUT2D eigenvalue weighted by molar-refractivity contribution is 5.73. The van der Waals surface area contributed by atoms with E-state index in [9.17, 15) is 9.59 Å². The number of hydrogen-bond donors (Lipinski definition) is 1. The summed E-state index contributed by atoms with van der Waals surface area (Å²) >= 11 is 0. The minimum absolute atomic E-state index is 0.223. The van der Waals surface area contributed by atoms with Gasteiger partial charge in [0.15, 0.2) is 0 Å². The lowest BCUT2D eigenvalue weighted by molar-refractivity contribution is -0.130. The van der Waals surface area contributed by atoms with Crippen LogP contribution in [0.25, 0.3) is 0 Å². The molecule has 2 N–H and O–H groups in total. The molecule has 8 nitrogen and oxygen atoms in total. The van der Waals surface area contributed by atoms with E-state index >= 15 is 0 Å². The van der Waals surface area contributed by atoms with Gasteiger partial charge in [0.2, 0.25) is 5.91 Å². The summed E-state index contributed by atoms with van der Waals surface area (Å²) < 4.78 is 25.1. The number of amides is 1. The molecule has 0 rings (SSSR count). The molecule has 0 radical (unpaired) electrons. The molecule has 118 valence electrons. The van der Waals surface area contributed by atoms with Crippen molar-refractivity contribution in [3.63, 3.8) is 0 Å². The number of ether oxygens (including phenoxy) is 5. The summed E-state index contributed by atoms with van der Waals surface area (Å²) in [6.07, 6.45) is 0.223. The van der Waals surface area contributed by atoms with Gasteiger partial charge in [-0.15, -0.1) is 0 Å². The largest absolute Gasteiger partial charge is 0.465 e. The second-order valence-electron chi connectivity index (χ2n) is 3.63. The van der Waals surface area contributed by atoms with Gasteiger partial charge in [-0.05, 0) is 0 Å². The highest BCUT2D eigenvalue weighted by Crippen LogP contribution is 1.84. The van der Waals surface area contributed by atoms with Gasteiger partial charge in [-0.2, -0.15) is 0 Å². The van der Waals surface area contributed by atoms with Crippen molar-refractivity contribution >= 4 is 12.4 Å². The maximum Gasteiger partial charge on any atom is 0.293 e. The van der Waals surface area contributed by atoms with E-state index in [4.69, 9.17) is 24.7 Å². The summed E-state index contributed by atoms with van der Waals surface area (Å²) in [5.41, 5.74) is 4.95. The van der Waals surface area contributed by atoms with Gasteiger partial charge in [-0.3, -0.25) is 9.59 Å². The molecular formula is C12H23NO7. The van der Waals surface area contributed by atoms with Crippen LogP contribution in [0.15, 0.2) is 0 Å². The predicted octanol–water partition coefficient (Wildman–Crippen LogP) is -0.899. The molecule has 0 unspecified atom stereocenters. The molecule has 0 saturated carbocycles. The lowest BCUT2D eigenvalue weighted by atomic mass is 10.4. The van der Waals surface area contributed by atoms with Crippen molar-refractivity contribution in [1.82, 2.24) is 0 Å². The number of rotatable bonds is 16. The molecule has 0 spiro atoms. The minimum atomic E-state index is -0.376. The average Bonchev–Trinajstić information content (AvgIpc) is 2.43. The summed E-state index contributed by atoms with van der Waals surface area (Å²) in [6, 6.07) is 0. The molecule has 0 atom stereocenters. The van der Waals surface area contributed by atoms with Crippen LogP contribution in [0.1, 0.15) is 6.42 Å². The fraction of sp³-hybridized carbons (Fsp3) is 0.833. The standard InChI is InChI=1S/C12H23NO7/c13-12(15)1-2-16-3-4-17-5-6-18-7-8-19-9-10-20-11-14/h11H,1-10H2,(H2,13,15). The van der Waals surface area contributed by atoms with E-state index in [1.807, 2.05) is 0 Å². The van der Waals surface area contributed by atoms with E-state index in [1.165, 1.54) is 0 Å². The third-order valence-corrected chi connectivity index (χ3v) is 2.02. The van der Waals surface area contributed by atoms with Crippen LogP contribution in [-0.4, -0.2) is 71.8 Å². The van der Waals surface area contributed by atoms with Crippen molar-refractivity contribution in [3.05, 3.63) is 0 Å². The molecule has 0 fully saturated rings. The van der Waals surface area contributed by atoms with Crippen molar-refractivity contribution in [2.75, 3.05) is 59.5 Å². The molecule has 0 aromatic rings. The molecule has 0 aliphatic carbocycles. The van der Waals surface area contributed by atoms with Crippen LogP contribution < -0.4 is 5.73 Å². The molecular weight excluding hydrogens is 270 g/mol. The number of primary amides is 1. The van der Waals surface area contributed by atoms with Crippen LogP contribution in [0.5, 0.6) is 0 Å². The molecule has 0 aromatic carbocycles. The van der Waals surface area contributed by atoms with Gasteiger partial charge in [0.25, 0.3) is 6.47 Å². The topological polar surface area (TPSA) is 106 Å². The zero-order chi connectivity index (χ0) is 14.9. The van der Waals surface area contributed by atoms with Gasteiger partial charge in [0, 0.05) is 6.42 Å². The van der Waals surface area contributed by atoms with Gasteiger partial charge in [0.05, 0.1) is 52.9 Å². The molecule has 0 bridgehead atoms. The van der Waals surface area contributed by atoms with Crippen molar-refractivity contribution in [3.8, 4) is 0 Å². The molecule has 1 amide bonds. The van der Waals surface area contributed by atoms with Gasteiger partial charge in [-0.1, -0.05) is 0 Å². The first-order valence-electron chi connectivity index (χ1n) is 6.42. The molecule has 0 aliphatic heterocycles. The number of hydrogen-bond acceptors (Lipinski definition) is 7. The third kappa shape index (κ3) is 16.8. The van der Waals surface area contributed by atoms with E-state index < -0.39 is 0 Å². The number of nitrogens with two attached hydrogens (primary N) is 1. The normalized spacial score (nSPS) is 10.4. The van der Waals surface area contributed by atoms with Crippen LogP contribution in [0.4, 0.5) is 0 Å². The Bertz CT molecular complexity index is 238. The Hall–Kier alpha value is -1.22. The molecule has 0 heterocycles. The Labute approximate surface area is 118 Å². The molecule has 0 saturated heterocycles. The zero-order valence-electron chi connectivity index (χ0n) is 11.6. The summed E-state index contributed by atoms with van der Waals surface area (Å²) in [5.74, 6) is -0.376. The lowest BCUT2D eigenvalue weighted by Crippen LogP contribution is -2.15. The Kier molecular flexibility index (Phi) is 14.9. The van der Waals surface area contributed by atoms with Crippen LogP contribution in [0.3, 0.4) is 0 Å². The highest BCUT2D eigenvalue weighted by atomic mass is 16.6. The van der Waals surface area contributed by atoms with E-state index in [0.717, 1.165) is 0 Å². The maximum absolute atomic E-state index is 10.4. The number of carbonyl (C=O) groups excluding carboxylic acids is 2. The second kappa shape index (κ2) is 15.8. The van der Waals surface area contributed by atoms with Crippen LogP contribution in [0, 0.1) is 0 Å². The third-order valence-electron chi connectivity index (χ3n) is 2.02. The smallest absolute Gasteiger partial charge is 0.293 e. The molecule has 0 aromatic heterocycles. The monoisotopic (exact) mass is 293 g/mol. The predicted molar refractivity (Wildman–Crippen MR) is 69.1 cm³/mol.